The molecule has 0 saturated heterocycles. The molecule has 18 heavy (non-hydrogen) atoms. The molecule has 1 aromatic heterocycles. The van der Waals surface area contributed by atoms with E-state index in [2.05, 4.69) is 42.6 Å². The van der Waals surface area contributed by atoms with E-state index in [0.29, 0.717) is 6.04 Å². The second-order valence-corrected chi connectivity index (χ2v) is 4.87. The zero-order chi connectivity index (χ0) is 13.4. The Balaban J connectivity index is 2.85. The van der Waals surface area contributed by atoms with Gasteiger partial charge >= 0.3 is 0 Å². The van der Waals surface area contributed by atoms with Crippen molar-refractivity contribution in [1.82, 2.24) is 9.97 Å². The van der Waals surface area contributed by atoms with Crippen LogP contribution in [0.15, 0.2) is 12.3 Å². The summed E-state index contributed by atoms with van der Waals surface area (Å²) < 4.78 is 0. The summed E-state index contributed by atoms with van der Waals surface area (Å²) in [4.78, 5) is 11.4. The summed E-state index contributed by atoms with van der Waals surface area (Å²) in [6.07, 6.45) is 7.67. The van der Waals surface area contributed by atoms with Gasteiger partial charge < -0.3 is 4.90 Å². The molecule has 1 aromatic rings. The molecule has 1 rings (SSSR count). The number of anilines is 1. The summed E-state index contributed by atoms with van der Waals surface area (Å²) >= 11 is 0. The topological polar surface area (TPSA) is 29.0 Å². The lowest BCUT2D eigenvalue weighted by atomic mass is 10.1. The van der Waals surface area contributed by atoms with Crippen LogP contribution in [0, 0.1) is 0 Å². The van der Waals surface area contributed by atoms with Crippen LogP contribution in [0.25, 0.3) is 0 Å². The Bertz CT molecular complexity index is 338. The van der Waals surface area contributed by atoms with Gasteiger partial charge in [0.15, 0.2) is 0 Å². The predicted octanol–water partition coefficient (Wildman–Crippen LogP) is 3.83. The first kappa shape index (κ1) is 14.9. The van der Waals surface area contributed by atoms with Crippen LogP contribution in [0.2, 0.25) is 0 Å². The van der Waals surface area contributed by atoms with Gasteiger partial charge in [-0.25, -0.2) is 9.97 Å². The average Bonchev–Trinajstić information content (AvgIpc) is 2.40. The van der Waals surface area contributed by atoms with Crippen LogP contribution in [0.3, 0.4) is 0 Å². The Morgan fingerprint density at radius 3 is 2.61 bits per heavy atom. The van der Waals surface area contributed by atoms with Crippen LogP contribution in [0.4, 0.5) is 5.82 Å². The predicted molar refractivity (Wildman–Crippen MR) is 78.0 cm³/mol. The van der Waals surface area contributed by atoms with Crippen LogP contribution < -0.4 is 4.90 Å². The first-order valence-electron chi connectivity index (χ1n) is 7.31. The summed E-state index contributed by atoms with van der Waals surface area (Å²) in [6.45, 7) is 9.97. The fraction of sp³-hybridized carbons (Fsp3) is 0.733. The summed E-state index contributed by atoms with van der Waals surface area (Å²) in [6, 6.07) is 2.60. The monoisotopic (exact) mass is 249 g/mol. The van der Waals surface area contributed by atoms with Crippen LogP contribution in [0.1, 0.15) is 59.2 Å². The molecule has 0 saturated carbocycles. The normalized spacial score (nSPS) is 12.4. The van der Waals surface area contributed by atoms with Crippen molar-refractivity contribution in [2.24, 2.45) is 0 Å². The SMILES string of the molecule is CCCCN(c1ccnc(CC)n1)C(C)CCC. The van der Waals surface area contributed by atoms with Crippen LogP contribution >= 0.6 is 0 Å². The van der Waals surface area contributed by atoms with Gasteiger partial charge in [-0.05, 0) is 25.8 Å². The lowest BCUT2D eigenvalue weighted by molar-refractivity contribution is 0.560. The molecule has 0 N–H and O–H groups in total. The molecular weight excluding hydrogens is 222 g/mol. The molecule has 1 heterocycles. The smallest absolute Gasteiger partial charge is 0.132 e. The van der Waals surface area contributed by atoms with Gasteiger partial charge in [0.05, 0.1) is 0 Å². The first-order valence-corrected chi connectivity index (χ1v) is 7.31. The van der Waals surface area contributed by atoms with Crippen LogP contribution in [-0.2, 0) is 6.42 Å². The van der Waals surface area contributed by atoms with E-state index in [-0.39, 0.29) is 0 Å². The van der Waals surface area contributed by atoms with Crippen molar-refractivity contribution in [1.29, 1.82) is 0 Å². The summed E-state index contributed by atoms with van der Waals surface area (Å²) in [5.41, 5.74) is 0. The summed E-state index contributed by atoms with van der Waals surface area (Å²) in [5, 5.41) is 0. The molecule has 0 spiro atoms. The van der Waals surface area contributed by atoms with Crippen molar-refractivity contribution in [3.63, 3.8) is 0 Å². The number of aryl methyl sites for hydroxylation is 1. The Morgan fingerprint density at radius 1 is 1.22 bits per heavy atom. The number of hydrogen-bond donors (Lipinski definition) is 0. The Morgan fingerprint density at radius 2 is 2.00 bits per heavy atom. The highest BCUT2D eigenvalue weighted by atomic mass is 15.2. The quantitative estimate of drug-likeness (QED) is 0.701. The summed E-state index contributed by atoms with van der Waals surface area (Å²) in [7, 11) is 0. The van der Waals surface area contributed by atoms with Gasteiger partial charge in [0.2, 0.25) is 0 Å². The van der Waals surface area contributed by atoms with E-state index in [9.17, 15) is 0 Å². The molecule has 0 amide bonds. The van der Waals surface area contributed by atoms with Gasteiger partial charge in [-0.15, -0.1) is 0 Å². The fourth-order valence-corrected chi connectivity index (χ4v) is 2.18. The standard InChI is InChI=1S/C15H27N3/c1-5-8-12-18(13(4)9-6-2)15-10-11-16-14(7-3)17-15/h10-11,13H,5-9,12H2,1-4H3. The number of nitrogens with zero attached hydrogens (tertiary/aromatic N) is 3. The lowest BCUT2D eigenvalue weighted by Crippen LogP contribution is -2.34. The molecule has 0 aliphatic heterocycles. The number of hydrogen-bond acceptors (Lipinski definition) is 3. The second-order valence-electron chi connectivity index (χ2n) is 4.87. The molecular formula is C15H27N3. The van der Waals surface area contributed by atoms with Gasteiger partial charge in [0, 0.05) is 25.2 Å². The van der Waals surface area contributed by atoms with Crippen molar-refractivity contribution in [3.8, 4) is 0 Å². The van der Waals surface area contributed by atoms with Gasteiger partial charge in [-0.2, -0.15) is 0 Å². The van der Waals surface area contributed by atoms with Crippen molar-refractivity contribution < 1.29 is 0 Å². The average molecular weight is 249 g/mol. The summed E-state index contributed by atoms with van der Waals surface area (Å²) in [5.74, 6) is 2.04. The van der Waals surface area contributed by atoms with E-state index in [1.807, 2.05) is 12.3 Å². The number of rotatable bonds is 8. The Kier molecular flexibility index (Phi) is 6.69. The zero-order valence-electron chi connectivity index (χ0n) is 12.3. The molecule has 1 unspecified atom stereocenters. The molecule has 3 nitrogen and oxygen atoms in total. The number of aromatic nitrogens is 2. The van der Waals surface area contributed by atoms with Crippen molar-refractivity contribution in [2.75, 3.05) is 11.4 Å². The molecule has 0 bridgehead atoms. The molecule has 102 valence electrons. The van der Waals surface area contributed by atoms with Crippen LogP contribution in [0.5, 0.6) is 0 Å². The van der Waals surface area contributed by atoms with Gasteiger partial charge in [-0.3, -0.25) is 0 Å². The molecule has 0 fully saturated rings. The highest BCUT2D eigenvalue weighted by molar-refractivity contribution is 5.38. The third-order valence-corrected chi connectivity index (χ3v) is 3.29. The van der Waals surface area contributed by atoms with Gasteiger partial charge in [-0.1, -0.05) is 33.6 Å². The van der Waals surface area contributed by atoms with Crippen molar-refractivity contribution in [3.05, 3.63) is 18.1 Å². The van der Waals surface area contributed by atoms with Gasteiger partial charge in [0.1, 0.15) is 11.6 Å². The molecule has 0 aliphatic carbocycles. The first-order chi connectivity index (χ1) is 8.72. The zero-order valence-corrected chi connectivity index (χ0v) is 12.3. The highest BCUT2D eigenvalue weighted by Gasteiger charge is 2.14. The van der Waals surface area contributed by atoms with Crippen molar-refractivity contribution in [2.45, 2.75) is 65.8 Å². The molecule has 0 aliphatic rings. The minimum Gasteiger partial charge on any atom is -0.354 e. The van der Waals surface area contributed by atoms with E-state index in [0.717, 1.165) is 24.6 Å². The second kappa shape index (κ2) is 8.06. The Hall–Kier alpha value is -1.12. The molecule has 3 heteroatoms. The molecule has 1 atom stereocenters. The lowest BCUT2D eigenvalue weighted by Gasteiger charge is -2.30. The van der Waals surface area contributed by atoms with E-state index >= 15 is 0 Å². The largest absolute Gasteiger partial charge is 0.354 e. The molecule has 0 aromatic carbocycles. The van der Waals surface area contributed by atoms with Gasteiger partial charge in [0.25, 0.3) is 0 Å². The van der Waals surface area contributed by atoms with E-state index in [1.54, 1.807) is 0 Å². The maximum atomic E-state index is 4.66. The van der Waals surface area contributed by atoms with Crippen LogP contribution in [-0.4, -0.2) is 22.6 Å². The maximum absolute atomic E-state index is 4.66. The van der Waals surface area contributed by atoms with E-state index in [4.69, 9.17) is 0 Å². The van der Waals surface area contributed by atoms with Crippen molar-refractivity contribution >= 4 is 5.82 Å². The number of unbranched alkanes of at least 4 members (excludes halogenated alkanes) is 1. The third kappa shape index (κ3) is 4.28. The minimum atomic E-state index is 0.557. The Labute approximate surface area is 112 Å². The fourth-order valence-electron chi connectivity index (χ4n) is 2.18. The van der Waals surface area contributed by atoms with E-state index in [1.165, 1.54) is 25.7 Å². The van der Waals surface area contributed by atoms with E-state index < -0.39 is 0 Å². The third-order valence-electron chi connectivity index (χ3n) is 3.29. The maximum Gasteiger partial charge on any atom is 0.132 e. The molecule has 0 radical (unpaired) electrons. The highest BCUT2D eigenvalue weighted by Crippen LogP contribution is 2.17. The minimum absolute atomic E-state index is 0.557.